The molecule has 4 heteroatoms. The lowest BCUT2D eigenvalue weighted by atomic mass is 9.69. The van der Waals surface area contributed by atoms with Crippen LogP contribution in [0.5, 0.6) is 17.2 Å². The average Bonchev–Trinajstić information content (AvgIpc) is 2.56. The third-order valence-corrected chi connectivity index (χ3v) is 6.60. The predicted octanol–water partition coefficient (Wildman–Crippen LogP) is 6.05. The lowest BCUT2D eigenvalue weighted by molar-refractivity contribution is -0.166. The summed E-state index contributed by atoms with van der Waals surface area (Å²) in [5.74, 6) is 1.27. The van der Waals surface area contributed by atoms with Crippen molar-refractivity contribution >= 4 is 5.97 Å². The van der Waals surface area contributed by atoms with E-state index < -0.39 is 5.79 Å². The maximum absolute atomic E-state index is 11.5. The van der Waals surface area contributed by atoms with E-state index in [2.05, 4.69) is 53.7 Å². The normalized spacial score (nSPS) is 23.1. The van der Waals surface area contributed by atoms with Crippen LogP contribution in [0.15, 0.2) is 24.3 Å². The number of aryl methyl sites for hydroxylation is 3. The SMILES string of the molecule is CC(=O)Oc1cc2c(cc1C)OC1(CC(C)(C)c3cc(C)c(C)cc3O1)CC2(C)C. The van der Waals surface area contributed by atoms with Gasteiger partial charge >= 0.3 is 5.97 Å². The van der Waals surface area contributed by atoms with E-state index >= 15 is 0 Å². The highest BCUT2D eigenvalue weighted by atomic mass is 16.7. The van der Waals surface area contributed by atoms with Crippen molar-refractivity contribution in [2.45, 2.75) is 84.8 Å². The van der Waals surface area contributed by atoms with Crippen LogP contribution in [-0.2, 0) is 15.6 Å². The van der Waals surface area contributed by atoms with E-state index in [0.29, 0.717) is 12.2 Å². The largest absolute Gasteiger partial charge is 0.452 e. The molecular weight excluding hydrogens is 376 g/mol. The van der Waals surface area contributed by atoms with Crippen LogP contribution in [-0.4, -0.2) is 11.8 Å². The molecule has 4 rings (SSSR count). The quantitative estimate of drug-likeness (QED) is 0.425. The number of carbonyl (C=O) groups is 1. The monoisotopic (exact) mass is 408 g/mol. The molecule has 2 heterocycles. The van der Waals surface area contributed by atoms with Crippen molar-refractivity contribution in [3.8, 4) is 17.2 Å². The number of rotatable bonds is 1. The average molecular weight is 409 g/mol. The van der Waals surface area contributed by atoms with Crippen molar-refractivity contribution in [1.82, 2.24) is 0 Å². The van der Waals surface area contributed by atoms with Crippen molar-refractivity contribution in [2.24, 2.45) is 0 Å². The molecule has 1 atom stereocenters. The molecule has 2 aromatic rings. The third-order valence-electron chi connectivity index (χ3n) is 6.60. The highest BCUT2D eigenvalue weighted by Crippen LogP contribution is 2.54. The molecule has 0 N–H and O–H groups in total. The van der Waals surface area contributed by atoms with Crippen molar-refractivity contribution in [1.29, 1.82) is 0 Å². The van der Waals surface area contributed by atoms with Gasteiger partial charge in [0.1, 0.15) is 17.2 Å². The Morgan fingerprint density at radius 1 is 0.800 bits per heavy atom. The second-order valence-corrected chi connectivity index (χ2v) is 10.4. The maximum atomic E-state index is 11.5. The second-order valence-electron chi connectivity index (χ2n) is 10.4. The van der Waals surface area contributed by atoms with Crippen LogP contribution in [0.4, 0.5) is 0 Å². The Bertz CT molecular complexity index is 1050. The number of esters is 1. The van der Waals surface area contributed by atoms with Crippen molar-refractivity contribution < 1.29 is 19.0 Å². The highest BCUT2D eigenvalue weighted by Gasteiger charge is 2.53. The van der Waals surface area contributed by atoms with E-state index in [-0.39, 0.29) is 16.8 Å². The topological polar surface area (TPSA) is 44.8 Å². The first kappa shape index (κ1) is 20.8. The number of benzene rings is 2. The standard InChI is InChI=1S/C26H32O4/c1-15-9-19-22(10-16(15)2)29-26(13-24(19,5)6)14-25(7,8)20-12-21(28-18(4)27)17(3)11-23(20)30-26/h9-12H,13-14H2,1-8H3. The number of fused-ring (bicyclic) bond motifs is 2. The zero-order valence-corrected chi connectivity index (χ0v) is 19.4. The fourth-order valence-electron chi connectivity index (χ4n) is 5.11. The zero-order valence-electron chi connectivity index (χ0n) is 19.4. The Hall–Kier alpha value is -2.49. The Morgan fingerprint density at radius 2 is 1.27 bits per heavy atom. The van der Waals surface area contributed by atoms with Crippen LogP contribution in [0.1, 0.15) is 75.3 Å². The first-order chi connectivity index (χ1) is 13.8. The van der Waals surface area contributed by atoms with E-state index in [9.17, 15) is 4.79 Å². The molecule has 160 valence electrons. The van der Waals surface area contributed by atoms with Gasteiger partial charge in [-0.25, -0.2) is 0 Å². The van der Waals surface area contributed by atoms with Crippen LogP contribution in [0.2, 0.25) is 0 Å². The molecule has 0 radical (unpaired) electrons. The Labute approximate surface area is 179 Å². The molecule has 2 aliphatic heterocycles. The van der Waals surface area contributed by atoms with Crippen LogP contribution in [0, 0.1) is 20.8 Å². The minimum absolute atomic E-state index is 0.0770. The molecule has 0 aliphatic carbocycles. The van der Waals surface area contributed by atoms with E-state index in [4.69, 9.17) is 14.2 Å². The number of hydrogen-bond donors (Lipinski definition) is 0. The van der Waals surface area contributed by atoms with Crippen LogP contribution in [0.25, 0.3) is 0 Å². The van der Waals surface area contributed by atoms with Gasteiger partial charge < -0.3 is 14.2 Å². The first-order valence-electron chi connectivity index (χ1n) is 10.7. The summed E-state index contributed by atoms with van der Waals surface area (Å²) in [6.07, 6.45) is 1.48. The molecule has 0 amide bonds. The number of hydrogen-bond acceptors (Lipinski definition) is 4. The van der Waals surface area contributed by atoms with Gasteiger partial charge in [0.2, 0.25) is 0 Å². The molecule has 2 aliphatic rings. The summed E-state index contributed by atoms with van der Waals surface area (Å²) in [5.41, 5.74) is 5.38. The minimum Gasteiger partial charge on any atom is -0.452 e. The van der Waals surface area contributed by atoms with Gasteiger partial charge in [-0.3, -0.25) is 4.79 Å². The van der Waals surface area contributed by atoms with E-state index in [0.717, 1.165) is 29.0 Å². The van der Waals surface area contributed by atoms with Gasteiger partial charge in [0, 0.05) is 41.7 Å². The second kappa shape index (κ2) is 6.50. The Balaban J connectivity index is 1.80. The fraction of sp³-hybridized carbons (Fsp3) is 0.500. The van der Waals surface area contributed by atoms with E-state index in [1.807, 2.05) is 19.1 Å². The summed E-state index contributed by atoms with van der Waals surface area (Å²) in [6.45, 7) is 16.6. The van der Waals surface area contributed by atoms with E-state index in [1.165, 1.54) is 23.6 Å². The third kappa shape index (κ3) is 3.36. The van der Waals surface area contributed by atoms with Crippen LogP contribution in [0.3, 0.4) is 0 Å². The molecule has 0 saturated heterocycles. The molecule has 0 aromatic heterocycles. The summed E-state index contributed by atoms with van der Waals surface area (Å²) in [4.78, 5) is 11.5. The van der Waals surface area contributed by atoms with Gasteiger partial charge in [0.05, 0.1) is 0 Å². The fourth-order valence-corrected chi connectivity index (χ4v) is 5.11. The molecule has 0 bridgehead atoms. The van der Waals surface area contributed by atoms with Gasteiger partial charge in [-0.15, -0.1) is 0 Å². The van der Waals surface area contributed by atoms with Crippen LogP contribution < -0.4 is 14.2 Å². The molecule has 1 spiro atoms. The highest BCUT2D eigenvalue weighted by molar-refractivity contribution is 5.70. The van der Waals surface area contributed by atoms with Gasteiger partial charge in [-0.1, -0.05) is 33.8 Å². The summed E-state index contributed by atoms with van der Waals surface area (Å²) in [6, 6.07) is 8.33. The smallest absolute Gasteiger partial charge is 0.308 e. The molecule has 0 fully saturated rings. The summed E-state index contributed by atoms with van der Waals surface area (Å²) in [7, 11) is 0. The summed E-state index contributed by atoms with van der Waals surface area (Å²) < 4.78 is 18.7. The molecule has 1 unspecified atom stereocenters. The lowest BCUT2D eigenvalue weighted by Gasteiger charge is -2.51. The Morgan fingerprint density at radius 3 is 1.80 bits per heavy atom. The molecule has 2 aromatic carbocycles. The molecule has 30 heavy (non-hydrogen) atoms. The molecule has 4 nitrogen and oxygen atoms in total. The van der Waals surface area contributed by atoms with Crippen molar-refractivity contribution in [2.75, 3.05) is 0 Å². The van der Waals surface area contributed by atoms with Crippen molar-refractivity contribution in [3.63, 3.8) is 0 Å². The number of ether oxygens (including phenoxy) is 3. The molecule has 0 saturated carbocycles. The van der Waals surface area contributed by atoms with Crippen molar-refractivity contribution in [3.05, 3.63) is 52.1 Å². The zero-order chi connectivity index (χ0) is 22.1. The van der Waals surface area contributed by atoms with Crippen LogP contribution >= 0.6 is 0 Å². The van der Waals surface area contributed by atoms with Gasteiger partial charge in [0.15, 0.2) is 0 Å². The maximum Gasteiger partial charge on any atom is 0.308 e. The van der Waals surface area contributed by atoms with Gasteiger partial charge in [-0.05, 0) is 55.7 Å². The van der Waals surface area contributed by atoms with Gasteiger partial charge in [0.25, 0.3) is 5.79 Å². The Kier molecular flexibility index (Phi) is 4.50. The predicted molar refractivity (Wildman–Crippen MR) is 118 cm³/mol. The van der Waals surface area contributed by atoms with E-state index in [1.54, 1.807) is 0 Å². The minimum atomic E-state index is -0.732. The van der Waals surface area contributed by atoms with Gasteiger partial charge in [-0.2, -0.15) is 0 Å². The number of carbonyl (C=O) groups excluding carboxylic acids is 1. The summed E-state index contributed by atoms with van der Waals surface area (Å²) >= 11 is 0. The lowest BCUT2D eigenvalue weighted by Crippen LogP contribution is -2.55. The summed E-state index contributed by atoms with van der Waals surface area (Å²) in [5, 5.41) is 0. The first-order valence-corrected chi connectivity index (χ1v) is 10.7. The molecular formula is C26H32O4.